The third-order valence-electron chi connectivity index (χ3n) is 2.94. The minimum absolute atomic E-state index is 0.474. The van der Waals surface area contributed by atoms with Gasteiger partial charge in [-0.1, -0.05) is 6.92 Å². The van der Waals surface area contributed by atoms with E-state index in [1.54, 1.807) is 18.7 Å². The molecule has 0 fully saturated rings. The van der Waals surface area contributed by atoms with E-state index < -0.39 is 6.10 Å². The third-order valence-corrected chi connectivity index (χ3v) is 2.94. The summed E-state index contributed by atoms with van der Waals surface area (Å²) in [5.74, 6) is 0. The number of aliphatic hydroxyl groups is 1. The van der Waals surface area contributed by atoms with E-state index in [0.717, 1.165) is 23.5 Å². The van der Waals surface area contributed by atoms with Gasteiger partial charge >= 0.3 is 0 Å². The van der Waals surface area contributed by atoms with Gasteiger partial charge < -0.3 is 14.4 Å². The van der Waals surface area contributed by atoms with E-state index in [1.165, 1.54) is 0 Å². The maximum absolute atomic E-state index is 9.68. The smallest absolute Gasteiger partial charge is 0.0957 e. The molecule has 0 aliphatic rings. The minimum Gasteiger partial charge on any atom is -0.472 e. The average molecular weight is 246 g/mol. The van der Waals surface area contributed by atoms with Crippen molar-refractivity contribution in [1.29, 1.82) is 0 Å². The maximum Gasteiger partial charge on any atom is 0.0957 e. The van der Waals surface area contributed by atoms with Crippen LogP contribution >= 0.6 is 0 Å². The van der Waals surface area contributed by atoms with Gasteiger partial charge in [0.25, 0.3) is 0 Å². The van der Waals surface area contributed by atoms with Gasteiger partial charge in [0.15, 0.2) is 0 Å². The fourth-order valence-electron chi connectivity index (χ4n) is 1.78. The fourth-order valence-corrected chi connectivity index (χ4v) is 1.78. The number of rotatable bonds is 5. The summed E-state index contributed by atoms with van der Waals surface area (Å²) in [6.45, 7) is 2.71. The van der Waals surface area contributed by atoms with Gasteiger partial charge in [0.05, 0.1) is 36.2 Å². The van der Waals surface area contributed by atoms with Crippen LogP contribution in [0.15, 0.2) is 41.3 Å². The van der Waals surface area contributed by atoms with Crippen molar-refractivity contribution in [2.75, 3.05) is 11.9 Å². The van der Waals surface area contributed by atoms with E-state index in [4.69, 9.17) is 4.42 Å². The molecule has 1 N–H and O–H groups in total. The lowest BCUT2D eigenvalue weighted by atomic mass is 10.2. The van der Waals surface area contributed by atoms with Crippen molar-refractivity contribution < 1.29 is 9.52 Å². The van der Waals surface area contributed by atoms with Crippen molar-refractivity contribution in [3.63, 3.8) is 0 Å². The second-order valence-electron chi connectivity index (χ2n) is 4.35. The molecule has 0 amide bonds. The largest absolute Gasteiger partial charge is 0.472 e. The fraction of sp³-hybridized carbons (Fsp3) is 0.357. The highest BCUT2D eigenvalue weighted by molar-refractivity contribution is 5.44. The van der Waals surface area contributed by atoms with Crippen LogP contribution in [0.4, 0.5) is 5.69 Å². The highest BCUT2D eigenvalue weighted by Crippen LogP contribution is 2.19. The third kappa shape index (κ3) is 2.90. The van der Waals surface area contributed by atoms with Gasteiger partial charge in [0, 0.05) is 19.2 Å². The Bertz CT molecular complexity index is 465. The molecule has 0 saturated carbocycles. The van der Waals surface area contributed by atoms with Crippen LogP contribution in [0.5, 0.6) is 0 Å². The van der Waals surface area contributed by atoms with Crippen LogP contribution in [0.2, 0.25) is 0 Å². The Morgan fingerprint density at radius 2 is 2.22 bits per heavy atom. The van der Waals surface area contributed by atoms with E-state index in [9.17, 15) is 5.11 Å². The molecule has 0 unspecified atom stereocenters. The molecule has 1 atom stereocenters. The van der Waals surface area contributed by atoms with Crippen LogP contribution in [0.1, 0.15) is 30.7 Å². The van der Waals surface area contributed by atoms with Gasteiger partial charge in [-0.3, -0.25) is 4.98 Å². The molecule has 4 heteroatoms. The van der Waals surface area contributed by atoms with E-state index in [1.807, 2.05) is 32.2 Å². The summed E-state index contributed by atoms with van der Waals surface area (Å²) >= 11 is 0. The van der Waals surface area contributed by atoms with Crippen molar-refractivity contribution >= 4 is 5.69 Å². The lowest BCUT2D eigenvalue weighted by Gasteiger charge is -2.18. The van der Waals surface area contributed by atoms with Crippen LogP contribution in [0.25, 0.3) is 0 Å². The summed E-state index contributed by atoms with van der Waals surface area (Å²) in [6, 6.07) is 5.79. The lowest BCUT2D eigenvalue weighted by Crippen LogP contribution is -2.16. The first kappa shape index (κ1) is 12.6. The number of nitrogens with zero attached hydrogens (tertiary/aromatic N) is 2. The topological polar surface area (TPSA) is 49.5 Å². The van der Waals surface area contributed by atoms with E-state index in [0.29, 0.717) is 6.42 Å². The predicted octanol–water partition coefficient (Wildman–Crippen LogP) is 2.75. The lowest BCUT2D eigenvalue weighted by molar-refractivity contribution is 0.169. The molecule has 4 nitrogen and oxygen atoms in total. The zero-order chi connectivity index (χ0) is 13.0. The molecular weight excluding hydrogens is 228 g/mol. The zero-order valence-corrected chi connectivity index (χ0v) is 10.7. The Morgan fingerprint density at radius 3 is 2.78 bits per heavy atom. The SMILES string of the molecule is CC[C@H](O)c1ccc(N(C)Cc2ccoc2)cn1. The van der Waals surface area contributed by atoms with Gasteiger partial charge in [0.1, 0.15) is 0 Å². The number of pyridine rings is 1. The molecule has 96 valence electrons. The second-order valence-corrected chi connectivity index (χ2v) is 4.35. The quantitative estimate of drug-likeness (QED) is 0.881. The predicted molar refractivity (Wildman–Crippen MR) is 70.3 cm³/mol. The Kier molecular flexibility index (Phi) is 3.99. The summed E-state index contributed by atoms with van der Waals surface area (Å²) < 4.78 is 5.04. The normalized spacial score (nSPS) is 12.4. The molecular formula is C14H18N2O2. The molecule has 0 saturated heterocycles. The monoisotopic (exact) mass is 246 g/mol. The molecule has 0 aliphatic heterocycles. The van der Waals surface area contributed by atoms with Crippen LogP contribution in [-0.4, -0.2) is 17.1 Å². The van der Waals surface area contributed by atoms with Crippen molar-refractivity contribution in [3.8, 4) is 0 Å². The summed E-state index contributed by atoms with van der Waals surface area (Å²) in [5.41, 5.74) is 2.86. The first-order chi connectivity index (χ1) is 8.70. The Hall–Kier alpha value is -1.81. The molecule has 2 rings (SSSR count). The van der Waals surface area contributed by atoms with Gasteiger partial charge in [-0.25, -0.2) is 0 Å². The van der Waals surface area contributed by atoms with Crippen LogP contribution in [0.3, 0.4) is 0 Å². The van der Waals surface area contributed by atoms with E-state index in [-0.39, 0.29) is 0 Å². The molecule has 0 aliphatic carbocycles. The molecule has 0 radical (unpaired) electrons. The van der Waals surface area contributed by atoms with Crippen molar-refractivity contribution in [2.24, 2.45) is 0 Å². The molecule has 2 heterocycles. The van der Waals surface area contributed by atoms with Gasteiger partial charge in [-0.05, 0) is 24.6 Å². The molecule has 0 bridgehead atoms. The maximum atomic E-state index is 9.68. The minimum atomic E-state index is -0.474. The Labute approximate surface area is 107 Å². The molecule has 2 aromatic heterocycles. The number of aliphatic hydroxyl groups excluding tert-OH is 1. The van der Waals surface area contributed by atoms with Crippen molar-refractivity contribution in [2.45, 2.75) is 26.0 Å². The summed E-state index contributed by atoms with van der Waals surface area (Å²) in [6.07, 6.45) is 5.39. The molecule has 18 heavy (non-hydrogen) atoms. The van der Waals surface area contributed by atoms with E-state index >= 15 is 0 Å². The highest BCUT2D eigenvalue weighted by atomic mass is 16.3. The summed E-state index contributed by atoms with van der Waals surface area (Å²) in [7, 11) is 2.00. The van der Waals surface area contributed by atoms with Crippen LogP contribution in [0, 0.1) is 0 Å². The Morgan fingerprint density at radius 1 is 1.39 bits per heavy atom. The average Bonchev–Trinajstić information content (AvgIpc) is 2.91. The number of anilines is 1. The first-order valence-electron chi connectivity index (χ1n) is 6.07. The van der Waals surface area contributed by atoms with Crippen molar-refractivity contribution in [3.05, 3.63) is 48.2 Å². The number of hydrogen-bond acceptors (Lipinski definition) is 4. The molecule has 2 aromatic rings. The van der Waals surface area contributed by atoms with Crippen LogP contribution < -0.4 is 4.90 Å². The molecule has 0 spiro atoms. The number of hydrogen-bond donors (Lipinski definition) is 1. The summed E-state index contributed by atoms with van der Waals surface area (Å²) in [5, 5.41) is 9.68. The molecule has 0 aromatic carbocycles. The number of furan rings is 1. The highest BCUT2D eigenvalue weighted by Gasteiger charge is 2.08. The zero-order valence-electron chi connectivity index (χ0n) is 10.7. The Balaban J connectivity index is 2.04. The number of aromatic nitrogens is 1. The van der Waals surface area contributed by atoms with Crippen LogP contribution in [-0.2, 0) is 6.54 Å². The summed E-state index contributed by atoms with van der Waals surface area (Å²) in [4.78, 5) is 6.37. The van der Waals surface area contributed by atoms with Crippen molar-refractivity contribution in [1.82, 2.24) is 4.98 Å². The first-order valence-corrected chi connectivity index (χ1v) is 6.07. The van der Waals surface area contributed by atoms with Gasteiger partial charge in [0.2, 0.25) is 0 Å². The van der Waals surface area contributed by atoms with E-state index in [2.05, 4.69) is 9.88 Å². The van der Waals surface area contributed by atoms with Gasteiger partial charge in [-0.2, -0.15) is 0 Å². The second kappa shape index (κ2) is 5.69. The standard InChI is InChI=1S/C14H18N2O2/c1-3-14(17)13-5-4-12(8-15-13)16(2)9-11-6-7-18-10-11/h4-8,10,14,17H,3,9H2,1-2H3/t14-/m0/s1. The van der Waals surface area contributed by atoms with Gasteiger partial charge in [-0.15, -0.1) is 0 Å².